The summed E-state index contributed by atoms with van der Waals surface area (Å²) in [4.78, 5) is 12.0. The molecule has 21 heavy (non-hydrogen) atoms. The molecule has 1 fully saturated rings. The minimum absolute atomic E-state index is 0.266. The predicted octanol–water partition coefficient (Wildman–Crippen LogP) is 3.91. The molecule has 0 spiro atoms. The molecule has 116 valence electrons. The molecule has 1 saturated carbocycles. The van der Waals surface area contributed by atoms with Gasteiger partial charge in [-0.25, -0.2) is 4.79 Å². The molecule has 3 heteroatoms. The summed E-state index contributed by atoms with van der Waals surface area (Å²) in [5, 5.41) is 9.19. The second-order valence-corrected chi connectivity index (χ2v) is 7.02. The highest BCUT2D eigenvalue weighted by molar-refractivity contribution is 5.89. The fraction of sp³-hybridized carbons (Fsp3) is 0.611. The average Bonchev–Trinajstić information content (AvgIpc) is 2.46. The lowest BCUT2D eigenvalue weighted by Gasteiger charge is -2.27. The van der Waals surface area contributed by atoms with Crippen LogP contribution in [0.2, 0.25) is 0 Å². The number of hydrogen-bond donors (Lipinski definition) is 1. The fourth-order valence-electron chi connectivity index (χ4n) is 2.91. The third-order valence-electron chi connectivity index (χ3n) is 4.12. The number of aliphatic hydroxyl groups is 1. The molecular formula is C18H26O3. The second-order valence-electron chi connectivity index (χ2n) is 7.02. The van der Waals surface area contributed by atoms with Crippen molar-refractivity contribution in [1.82, 2.24) is 0 Å². The molecule has 1 aromatic carbocycles. The van der Waals surface area contributed by atoms with Crippen LogP contribution in [-0.4, -0.2) is 23.3 Å². The molecule has 2 rings (SSSR count). The van der Waals surface area contributed by atoms with Crippen LogP contribution in [0.1, 0.15) is 68.3 Å². The highest BCUT2D eigenvalue weighted by atomic mass is 16.6. The number of esters is 1. The Morgan fingerprint density at radius 2 is 1.71 bits per heavy atom. The van der Waals surface area contributed by atoms with Gasteiger partial charge in [0.25, 0.3) is 0 Å². The third kappa shape index (κ3) is 4.57. The molecule has 1 aliphatic carbocycles. The Labute approximate surface area is 127 Å². The Bertz CT molecular complexity index is 462. The molecule has 0 radical (unpaired) electrons. The van der Waals surface area contributed by atoms with E-state index < -0.39 is 5.60 Å². The van der Waals surface area contributed by atoms with E-state index in [0.717, 1.165) is 25.7 Å². The summed E-state index contributed by atoms with van der Waals surface area (Å²) in [5.74, 6) is 0.765. The molecule has 0 aliphatic heterocycles. The molecule has 0 atom stereocenters. The molecule has 1 aliphatic rings. The van der Waals surface area contributed by atoms with Gasteiger partial charge in [0.15, 0.2) is 0 Å². The van der Waals surface area contributed by atoms with Crippen molar-refractivity contribution in [3.63, 3.8) is 0 Å². The van der Waals surface area contributed by atoms with Gasteiger partial charge < -0.3 is 9.84 Å². The van der Waals surface area contributed by atoms with E-state index in [9.17, 15) is 9.90 Å². The summed E-state index contributed by atoms with van der Waals surface area (Å²) in [7, 11) is 0. The van der Waals surface area contributed by atoms with Crippen molar-refractivity contribution in [1.29, 1.82) is 0 Å². The van der Waals surface area contributed by atoms with Gasteiger partial charge in [-0.2, -0.15) is 0 Å². The van der Waals surface area contributed by atoms with Crippen molar-refractivity contribution >= 4 is 5.97 Å². The van der Waals surface area contributed by atoms with E-state index >= 15 is 0 Å². The quantitative estimate of drug-likeness (QED) is 0.859. The number of hydrogen-bond acceptors (Lipinski definition) is 3. The van der Waals surface area contributed by atoms with E-state index in [2.05, 4.69) is 0 Å². The molecule has 0 bridgehead atoms. The molecule has 0 amide bonds. The van der Waals surface area contributed by atoms with E-state index in [4.69, 9.17) is 4.74 Å². The average molecular weight is 290 g/mol. The van der Waals surface area contributed by atoms with Gasteiger partial charge in [-0.15, -0.1) is 0 Å². The topological polar surface area (TPSA) is 46.5 Å². The van der Waals surface area contributed by atoms with Crippen molar-refractivity contribution < 1.29 is 14.6 Å². The van der Waals surface area contributed by atoms with Gasteiger partial charge in [0, 0.05) is 6.61 Å². The van der Waals surface area contributed by atoms with E-state index in [1.54, 1.807) is 0 Å². The van der Waals surface area contributed by atoms with Crippen LogP contribution in [0.15, 0.2) is 24.3 Å². The van der Waals surface area contributed by atoms with Crippen LogP contribution in [0, 0.1) is 5.92 Å². The molecule has 0 aromatic heterocycles. The van der Waals surface area contributed by atoms with Gasteiger partial charge >= 0.3 is 5.97 Å². The number of aliphatic hydroxyl groups excluding tert-OH is 1. The fourth-order valence-corrected chi connectivity index (χ4v) is 2.91. The maximum absolute atomic E-state index is 12.0. The van der Waals surface area contributed by atoms with Crippen LogP contribution >= 0.6 is 0 Å². The smallest absolute Gasteiger partial charge is 0.338 e. The van der Waals surface area contributed by atoms with Crippen LogP contribution in [-0.2, 0) is 4.74 Å². The molecule has 0 unspecified atom stereocenters. The maximum Gasteiger partial charge on any atom is 0.338 e. The van der Waals surface area contributed by atoms with Crippen molar-refractivity contribution in [2.45, 2.75) is 58.0 Å². The van der Waals surface area contributed by atoms with Crippen molar-refractivity contribution in [3.05, 3.63) is 35.4 Å². The molecule has 1 aromatic rings. The van der Waals surface area contributed by atoms with Crippen LogP contribution in [0.4, 0.5) is 0 Å². The van der Waals surface area contributed by atoms with Gasteiger partial charge in [-0.3, -0.25) is 0 Å². The zero-order valence-corrected chi connectivity index (χ0v) is 13.3. The predicted molar refractivity (Wildman–Crippen MR) is 83.4 cm³/mol. The van der Waals surface area contributed by atoms with E-state index in [-0.39, 0.29) is 5.97 Å². The number of ether oxygens (including phenoxy) is 1. The van der Waals surface area contributed by atoms with Crippen molar-refractivity contribution in [2.24, 2.45) is 5.92 Å². The summed E-state index contributed by atoms with van der Waals surface area (Å²) in [6.07, 6.45) is 4.43. The van der Waals surface area contributed by atoms with Gasteiger partial charge in [0.05, 0.1) is 5.56 Å². The standard InChI is InChI=1S/C18H26O3/c1-18(2,3)21-17(20)16-10-8-15(9-11-16)14-6-4-13(12-19)5-7-14/h8-11,13-14,19H,4-7,12H2,1-3H3. The summed E-state index contributed by atoms with van der Waals surface area (Å²) in [6.45, 7) is 5.93. The monoisotopic (exact) mass is 290 g/mol. The molecule has 1 N–H and O–H groups in total. The minimum atomic E-state index is -0.460. The first-order chi connectivity index (χ1) is 9.89. The molecule has 0 heterocycles. The SMILES string of the molecule is CC(C)(C)OC(=O)c1ccc(C2CCC(CO)CC2)cc1. The lowest BCUT2D eigenvalue weighted by molar-refractivity contribution is 0.00695. The summed E-state index contributed by atoms with van der Waals surface area (Å²) < 4.78 is 5.37. The Kier molecular flexibility index (Phi) is 5.04. The van der Waals surface area contributed by atoms with Crippen molar-refractivity contribution in [3.8, 4) is 0 Å². The Balaban J connectivity index is 1.98. The number of carbonyl (C=O) groups is 1. The molecule has 0 saturated heterocycles. The molecular weight excluding hydrogens is 264 g/mol. The Morgan fingerprint density at radius 3 is 2.19 bits per heavy atom. The Morgan fingerprint density at radius 1 is 1.14 bits per heavy atom. The van der Waals surface area contributed by atoms with Gasteiger partial charge in [-0.05, 0) is 76.0 Å². The number of benzene rings is 1. The third-order valence-corrected chi connectivity index (χ3v) is 4.12. The van der Waals surface area contributed by atoms with Crippen LogP contribution < -0.4 is 0 Å². The van der Waals surface area contributed by atoms with Crippen molar-refractivity contribution in [2.75, 3.05) is 6.61 Å². The summed E-state index contributed by atoms with van der Waals surface area (Å²) in [6, 6.07) is 7.81. The van der Waals surface area contributed by atoms with E-state index in [1.165, 1.54) is 5.56 Å². The summed E-state index contributed by atoms with van der Waals surface area (Å²) >= 11 is 0. The molecule has 3 nitrogen and oxygen atoms in total. The number of carbonyl (C=O) groups excluding carboxylic acids is 1. The summed E-state index contributed by atoms with van der Waals surface area (Å²) in [5.41, 5.74) is 1.44. The zero-order valence-electron chi connectivity index (χ0n) is 13.3. The first-order valence-electron chi connectivity index (χ1n) is 7.83. The Hall–Kier alpha value is -1.35. The minimum Gasteiger partial charge on any atom is -0.456 e. The first kappa shape index (κ1) is 16.0. The van der Waals surface area contributed by atoms with Gasteiger partial charge in [0.2, 0.25) is 0 Å². The first-order valence-corrected chi connectivity index (χ1v) is 7.83. The van der Waals surface area contributed by atoms with E-state index in [1.807, 2.05) is 45.0 Å². The lowest BCUT2D eigenvalue weighted by Crippen LogP contribution is -2.23. The van der Waals surface area contributed by atoms with Crippen LogP contribution in [0.25, 0.3) is 0 Å². The number of rotatable bonds is 3. The lowest BCUT2D eigenvalue weighted by atomic mass is 9.79. The highest BCUT2D eigenvalue weighted by Crippen LogP contribution is 2.35. The normalized spacial score (nSPS) is 22.9. The van der Waals surface area contributed by atoms with Crippen LogP contribution in [0.5, 0.6) is 0 Å². The maximum atomic E-state index is 12.0. The largest absolute Gasteiger partial charge is 0.456 e. The second kappa shape index (κ2) is 6.61. The van der Waals surface area contributed by atoms with Gasteiger partial charge in [0.1, 0.15) is 5.60 Å². The van der Waals surface area contributed by atoms with Gasteiger partial charge in [-0.1, -0.05) is 12.1 Å². The van der Waals surface area contributed by atoms with E-state index in [0.29, 0.717) is 24.0 Å². The highest BCUT2D eigenvalue weighted by Gasteiger charge is 2.22. The zero-order chi connectivity index (χ0) is 15.5. The van der Waals surface area contributed by atoms with Crippen LogP contribution in [0.3, 0.4) is 0 Å².